The maximum absolute atomic E-state index is 12.0. The molecular formula is C10H9F3O3. The minimum atomic E-state index is -5.00. The number of rotatable bonds is 3. The van der Waals surface area contributed by atoms with Gasteiger partial charge in [-0.2, -0.15) is 13.2 Å². The van der Waals surface area contributed by atoms with Gasteiger partial charge < -0.3 is 4.42 Å². The largest absolute Gasteiger partial charge is 0.458 e. The number of ketones is 2. The molecule has 6 heteroatoms. The molecule has 0 aliphatic carbocycles. The van der Waals surface area contributed by atoms with E-state index in [2.05, 4.69) is 0 Å². The van der Waals surface area contributed by atoms with Gasteiger partial charge in [0.1, 0.15) is 5.76 Å². The molecule has 3 nitrogen and oxygen atoms in total. The molecule has 16 heavy (non-hydrogen) atoms. The molecule has 0 aliphatic rings. The van der Waals surface area contributed by atoms with Crippen LogP contribution in [0, 0.1) is 12.8 Å². The molecule has 0 bridgehead atoms. The van der Waals surface area contributed by atoms with Crippen LogP contribution < -0.4 is 0 Å². The van der Waals surface area contributed by atoms with Crippen molar-refractivity contribution in [1.82, 2.24) is 0 Å². The maximum Gasteiger partial charge on any atom is 0.450 e. The van der Waals surface area contributed by atoms with E-state index in [9.17, 15) is 22.8 Å². The van der Waals surface area contributed by atoms with Gasteiger partial charge in [0.05, 0.1) is 5.92 Å². The average molecular weight is 234 g/mol. The summed E-state index contributed by atoms with van der Waals surface area (Å²) in [7, 11) is 0. The van der Waals surface area contributed by atoms with E-state index in [1.807, 2.05) is 0 Å². The van der Waals surface area contributed by atoms with Crippen LogP contribution in [0.4, 0.5) is 13.2 Å². The molecule has 88 valence electrons. The summed E-state index contributed by atoms with van der Waals surface area (Å²) in [6.07, 6.45) is -5.00. The number of halogens is 3. The first-order valence-electron chi connectivity index (χ1n) is 4.45. The van der Waals surface area contributed by atoms with Gasteiger partial charge in [-0.3, -0.25) is 9.59 Å². The Morgan fingerprint density at radius 3 is 2.25 bits per heavy atom. The summed E-state index contributed by atoms with van der Waals surface area (Å²) in [5, 5.41) is 0. The van der Waals surface area contributed by atoms with E-state index in [1.54, 1.807) is 6.92 Å². The van der Waals surface area contributed by atoms with E-state index in [0.717, 1.165) is 6.92 Å². The van der Waals surface area contributed by atoms with Crippen molar-refractivity contribution >= 4 is 11.6 Å². The van der Waals surface area contributed by atoms with Crippen molar-refractivity contribution in [3.8, 4) is 0 Å². The predicted octanol–water partition coefficient (Wildman–Crippen LogP) is 2.54. The Morgan fingerprint density at radius 2 is 1.88 bits per heavy atom. The Morgan fingerprint density at radius 1 is 1.31 bits per heavy atom. The van der Waals surface area contributed by atoms with Crippen LogP contribution >= 0.6 is 0 Å². The fourth-order valence-corrected chi connectivity index (χ4v) is 1.14. The van der Waals surface area contributed by atoms with Gasteiger partial charge in [0.15, 0.2) is 5.76 Å². The molecular weight excluding hydrogens is 225 g/mol. The number of carbonyl (C=O) groups excluding carboxylic acids is 2. The van der Waals surface area contributed by atoms with Gasteiger partial charge in [-0.15, -0.1) is 0 Å². The third-order valence-corrected chi connectivity index (χ3v) is 2.05. The van der Waals surface area contributed by atoms with Crippen LogP contribution in [-0.4, -0.2) is 17.7 Å². The topological polar surface area (TPSA) is 47.3 Å². The van der Waals surface area contributed by atoms with Gasteiger partial charge in [-0.25, -0.2) is 0 Å². The second-order valence-corrected chi connectivity index (χ2v) is 3.36. The normalized spacial score (nSPS) is 13.6. The Kier molecular flexibility index (Phi) is 3.21. The molecule has 1 aromatic rings. The molecule has 0 aromatic carbocycles. The van der Waals surface area contributed by atoms with Crippen LogP contribution in [0.25, 0.3) is 0 Å². The zero-order valence-corrected chi connectivity index (χ0v) is 8.59. The lowest BCUT2D eigenvalue weighted by Gasteiger charge is -2.10. The first-order chi connectivity index (χ1) is 7.23. The molecule has 1 heterocycles. The Balaban J connectivity index is 2.87. The molecule has 1 rings (SSSR count). The van der Waals surface area contributed by atoms with Gasteiger partial charge in [0.25, 0.3) is 0 Å². The number of hydrogen-bond donors (Lipinski definition) is 0. The predicted molar refractivity (Wildman–Crippen MR) is 48.0 cm³/mol. The SMILES string of the molecule is Cc1ccc(C(=O)C(C)C(=O)C(F)(F)F)o1. The van der Waals surface area contributed by atoms with E-state index < -0.39 is 23.7 Å². The lowest BCUT2D eigenvalue weighted by Crippen LogP contribution is -2.33. The number of Topliss-reactive ketones (excluding diaryl/α,β-unsaturated/α-hetero) is 2. The van der Waals surface area contributed by atoms with Crippen LogP contribution in [0.5, 0.6) is 0 Å². The summed E-state index contributed by atoms with van der Waals surface area (Å²) in [5.41, 5.74) is 0. The van der Waals surface area contributed by atoms with Gasteiger partial charge >= 0.3 is 6.18 Å². The standard InChI is InChI=1S/C10H9F3O3/c1-5-3-4-7(16-5)8(14)6(2)9(15)10(11,12)13/h3-4,6H,1-2H3. The molecule has 1 unspecified atom stereocenters. The summed E-state index contributed by atoms with van der Waals surface area (Å²) in [6, 6.07) is 2.69. The van der Waals surface area contributed by atoms with Crippen molar-refractivity contribution in [2.75, 3.05) is 0 Å². The lowest BCUT2D eigenvalue weighted by atomic mass is 9.99. The van der Waals surface area contributed by atoms with Crippen LogP contribution in [0.15, 0.2) is 16.5 Å². The lowest BCUT2D eigenvalue weighted by molar-refractivity contribution is -0.173. The first kappa shape index (κ1) is 12.5. The maximum atomic E-state index is 12.0. The van der Waals surface area contributed by atoms with Gasteiger partial charge in [0.2, 0.25) is 11.6 Å². The molecule has 0 saturated heterocycles. The van der Waals surface area contributed by atoms with E-state index in [4.69, 9.17) is 4.42 Å². The molecule has 0 radical (unpaired) electrons. The average Bonchev–Trinajstić information content (AvgIpc) is 2.60. The zero-order chi connectivity index (χ0) is 12.5. The first-order valence-corrected chi connectivity index (χ1v) is 4.45. The molecule has 0 amide bonds. The molecule has 0 spiro atoms. The van der Waals surface area contributed by atoms with Crippen LogP contribution in [0.3, 0.4) is 0 Å². The summed E-state index contributed by atoms with van der Waals surface area (Å²) < 4.78 is 41.0. The molecule has 0 saturated carbocycles. The molecule has 1 aromatic heterocycles. The number of furan rings is 1. The Labute approximate surface area is 89.2 Å². The van der Waals surface area contributed by atoms with E-state index in [0.29, 0.717) is 5.76 Å². The summed E-state index contributed by atoms with van der Waals surface area (Å²) in [4.78, 5) is 22.2. The fourth-order valence-electron chi connectivity index (χ4n) is 1.14. The minimum absolute atomic E-state index is 0.234. The highest BCUT2D eigenvalue weighted by Gasteiger charge is 2.44. The van der Waals surface area contributed by atoms with Gasteiger partial charge in [0, 0.05) is 0 Å². The summed E-state index contributed by atoms with van der Waals surface area (Å²) in [6.45, 7) is 2.46. The minimum Gasteiger partial charge on any atom is -0.458 e. The monoisotopic (exact) mass is 234 g/mol. The van der Waals surface area contributed by atoms with E-state index in [1.165, 1.54) is 12.1 Å². The number of alkyl halides is 3. The molecule has 0 aliphatic heterocycles. The highest BCUT2D eigenvalue weighted by Crippen LogP contribution is 2.23. The number of carbonyl (C=O) groups is 2. The molecule has 0 fully saturated rings. The quantitative estimate of drug-likeness (QED) is 0.596. The van der Waals surface area contributed by atoms with Crippen LogP contribution in [0.1, 0.15) is 23.2 Å². The Bertz CT molecular complexity index is 417. The molecule has 0 N–H and O–H groups in total. The highest BCUT2D eigenvalue weighted by atomic mass is 19.4. The van der Waals surface area contributed by atoms with Crippen LogP contribution in [-0.2, 0) is 4.79 Å². The van der Waals surface area contributed by atoms with Crippen LogP contribution in [0.2, 0.25) is 0 Å². The summed E-state index contributed by atoms with van der Waals surface area (Å²) in [5.74, 6) is -4.63. The fraction of sp³-hybridized carbons (Fsp3) is 0.400. The Hall–Kier alpha value is -1.59. The van der Waals surface area contributed by atoms with E-state index in [-0.39, 0.29) is 5.76 Å². The zero-order valence-electron chi connectivity index (χ0n) is 8.59. The van der Waals surface area contributed by atoms with Crippen molar-refractivity contribution in [3.05, 3.63) is 23.7 Å². The second kappa shape index (κ2) is 4.11. The summed E-state index contributed by atoms with van der Waals surface area (Å²) >= 11 is 0. The van der Waals surface area contributed by atoms with Crippen molar-refractivity contribution in [2.45, 2.75) is 20.0 Å². The highest BCUT2D eigenvalue weighted by molar-refractivity contribution is 6.10. The smallest absolute Gasteiger partial charge is 0.450 e. The second-order valence-electron chi connectivity index (χ2n) is 3.36. The van der Waals surface area contributed by atoms with E-state index >= 15 is 0 Å². The van der Waals surface area contributed by atoms with Crippen molar-refractivity contribution in [1.29, 1.82) is 0 Å². The number of aryl methyl sites for hydroxylation is 1. The third-order valence-electron chi connectivity index (χ3n) is 2.05. The third kappa shape index (κ3) is 2.50. The van der Waals surface area contributed by atoms with Crippen molar-refractivity contribution in [2.24, 2.45) is 5.92 Å². The molecule has 1 atom stereocenters. The van der Waals surface area contributed by atoms with Gasteiger partial charge in [-0.1, -0.05) is 0 Å². The van der Waals surface area contributed by atoms with Gasteiger partial charge in [-0.05, 0) is 26.0 Å². The van der Waals surface area contributed by atoms with Crippen molar-refractivity contribution in [3.63, 3.8) is 0 Å². The van der Waals surface area contributed by atoms with Crippen molar-refractivity contribution < 1.29 is 27.2 Å². The number of hydrogen-bond acceptors (Lipinski definition) is 3.